The summed E-state index contributed by atoms with van der Waals surface area (Å²) >= 11 is 0. The van der Waals surface area contributed by atoms with Crippen molar-refractivity contribution >= 4 is 22.9 Å². The number of nitrogens with zero attached hydrogens (tertiary/aromatic N) is 4. The second kappa shape index (κ2) is 6.35. The minimum Gasteiger partial charge on any atom is -0.356 e. The van der Waals surface area contributed by atoms with Crippen LogP contribution in [-0.2, 0) is 11.8 Å². The van der Waals surface area contributed by atoms with Crippen LogP contribution in [0.1, 0.15) is 23.7 Å². The molecule has 3 aromatic rings. The van der Waals surface area contributed by atoms with Crippen molar-refractivity contribution in [2.24, 2.45) is 7.05 Å². The van der Waals surface area contributed by atoms with Gasteiger partial charge in [0.2, 0.25) is 0 Å². The molecule has 0 bridgehead atoms. The Bertz CT molecular complexity index is 1100. The predicted octanol–water partition coefficient (Wildman–Crippen LogP) is 3.29. The van der Waals surface area contributed by atoms with Gasteiger partial charge in [-0.25, -0.2) is 0 Å². The number of fused-ring (bicyclic) bond motifs is 1. The molecule has 27 heavy (non-hydrogen) atoms. The minimum absolute atomic E-state index is 0.140. The zero-order valence-corrected chi connectivity index (χ0v) is 15.7. The van der Waals surface area contributed by atoms with E-state index in [1.165, 1.54) is 0 Å². The van der Waals surface area contributed by atoms with Gasteiger partial charge in [-0.15, -0.1) is 0 Å². The van der Waals surface area contributed by atoms with E-state index < -0.39 is 0 Å². The number of aromatic nitrogens is 4. The summed E-state index contributed by atoms with van der Waals surface area (Å²) in [6.45, 7) is 5.84. The average molecular weight is 360 g/mol. The lowest BCUT2D eigenvalue weighted by molar-refractivity contribution is -0.110. The van der Waals surface area contributed by atoms with Crippen molar-refractivity contribution in [3.8, 4) is 11.3 Å². The first-order chi connectivity index (χ1) is 12.9. The second-order valence-electron chi connectivity index (χ2n) is 6.69. The Hall–Kier alpha value is -3.48. The lowest BCUT2D eigenvalue weighted by Crippen LogP contribution is -2.09. The molecular formula is C20H20N6O. The molecule has 0 aromatic carbocycles. The molecule has 0 spiro atoms. The normalized spacial score (nSPS) is 14.7. The van der Waals surface area contributed by atoms with Crippen LogP contribution >= 0.6 is 0 Å². The van der Waals surface area contributed by atoms with E-state index in [0.717, 1.165) is 39.5 Å². The molecule has 0 unspecified atom stereocenters. The van der Waals surface area contributed by atoms with Crippen LogP contribution in [0.2, 0.25) is 0 Å². The molecule has 136 valence electrons. The Morgan fingerprint density at radius 3 is 2.74 bits per heavy atom. The lowest BCUT2D eigenvalue weighted by Gasteiger charge is -2.10. The maximum Gasteiger partial charge on any atom is 0.258 e. The topological polar surface area (TPSA) is 84.7 Å². The highest BCUT2D eigenvalue weighted by Gasteiger charge is 2.28. The average Bonchev–Trinajstić information content (AvgIpc) is 3.12. The first-order valence-electron chi connectivity index (χ1n) is 8.65. The maximum atomic E-state index is 12.6. The first kappa shape index (κ1) is 17.0. The van der Waals surface area contributed by atoms with Gasteiger partial charge in [0.1, 0.15) is 0 Å². The molecule has 0 radical (unpaired) electrons. The molecule has 0 fully saturated rings. The van der Waals surface area contributed by atoms with E-state index in [2.05, 4.69) is 25.7 Å². The van der Waals surface area contributed by atoms with Crippen LogP contribution in [0, 0.1) is 13.8 Å². The predicted molar refractivity (Wildman–Crippen MR) is 105 cm³/mol. The molecule has 0 saturated heterocycles. The largest absolute Gasteiger partial charge is 0.356 e. The van der Waals surface area contributed by atoms with Gasteiger partial charge in [-0.2, -0.15) is 5.10 Å². The van der Waals surface area contributed by atoms with Crippen LogP contribution in [0.15, 0.2) is 42.6 Å². The van der Waals surface area contributed by atoms with Gasteiger partial charge in [0, 0.05) is 42.5 Å². The van der Waals surface area contributed by atoms with Crippen molar-refractivity contribution in [1.29, 1.82) is 0 Å². The summed E-state index contributed by atoms with van der Waals surface area (Å²) in [6, 6.07) is 3.89. The Balaban J connectivity index is 1.79. The maximum absolute atomic E-state index is 12.6. The van der Waals surface area contributed by atoms with Crippen molar-refractivity contribution in [2.75, 3.05) is 10.6 Å². The lowest BCUT2D eigenvalue weighted by atomic mass is 10.0. The third kappa shape index (κ3) is 2.97. The number of hydrogen-bond acceptors (Lipinski definition) is 5. The molecule has 4 heterocycles. The number of amides is 1. The highest BCUT2D eigenvalue weighted by molar-refractivity contribution is 6.32. The van der Waals surface area contributed by atoms with Crippen LogP contribution in [0.4, 0.5) is 11.4 Å². The first-order valence-corrected chi connectivity index (χ1v) is 8.65. The highest BCUT2D eigenvalue weighted by atomic mass is 16.2. The molecule has 2 N–H and O–H groups in total. The number of carbonyl (C=O) groups excluding carboxylic acids is 1. The summed E-state index contributed by atoms with van der Waals surface area (Å²) in [5.74, 6) is -0.140. The number of aryl methyl sites for hydroxylation is 3. The molecule has 7 nitrogen and oxygen atoms in total. The van der Waals surface area contributed by atoms with Crippen molar-refractivity contribution in [2.45, 2.75) is 20.8 Å². The van der Waals surface area contributed by atoms with Gasteiger partial charge in [0.25, 0.3) is 5.91 Å². The fourth-order valence-electron chi connectivity index (χ4n) is 3.31. The quantitative estimate of drug-likeness (QED) is 0.700. The highest BCUT2D eigenvalue weighted by Crippen LogP contribution is 2.36. The van der Waals surface area contributed by atoms with E-state index in [1.54, 1.807) is 23.3 Å². The number of nitrogens with one attached hydrogen (secondary N) is 2. The SMILES string of the molecule is C/C(Nc1cn(C)nc1C)=C1/C(=O)Nc2cnc(-c3cnccc3C)cc21. The fourth-order valence-corrected chi connectivity index (χ4v) is 3.31. The van der Waals surface area contributed by atoms with Crippen molar-refractivity contribution in [3.63, 3.8) is 0 Å². The van der Waals surface area contributed by atoms with Gasteiger partial charge in [-0.1, -0.05) is 0 Å². The fraction of sp³-hybridized carbons (Fsp3) is 0.200. The minimum atomic E-state index is -0.140. The van der Waals surface area contributed by atoms with E-state index in [1.807, 2.05) is 46.1 Å². The Morgan fingerprint density at radius 1 is 1.22 bits per heavy atom. The van der Waals surface area contributed by atoms with Crippen molar-refractivity contribution in [1.82, 2.24) is 19.7 Å². The summed E-state index contributed by atoms with van der Waals surface area (Å²) in [7, 11) is 1.87. The van der Waals surface area contributed by atoms with Gasteiger partial charge in [-0.3, -0.25) is 19.4 Å². The number of rotatable bonds is 3. The number of allylic oxidation sites excluding steroid dienone is 1. The van der Waals surface area contributed by atoms with E-state index in [0.29, 0.717) is 11.3 Å². The number of carbonyl (C=O) groups is 1. The van der Waals surface area contributed by atoms with Gasteiger partial charge in [0.05, 0.1) is 34.5 Å². The third-order valence-corrected chi connectivity index (χ3v) is 4.67. The van der Waals surface area contributed by atoms with Crippen LogP contribution in [0.5, 0.6) is 0 Å². The van der Waals surface area contributed by atoms with Gasteiger partial charge >= 0.3 is 0 Å². The molecule has 3 aromatic heterocycles. The molecule has 1 aliphatic heterocycles. The molecule has 1 aliphatic rings. The number of anilines is 2. The summed E-state index contributed by atoms with van der Waals surface area (Å²) in [5.41, 5.74) is 7.50. The van der Waals surface area contributed by atoms with Gasteiger partial charge in [0.15, 0.2) is 0 Å². The number of pyridine rings is 2. The molecule has 0 aliphatic carbocycles. The molecule has 1 amide bonds. The molecule has 0 atom stereocenters. The second-order valence-corrected chi connectivity index (χ2v) is 6.69. The summed E-state index contributed by atoms with van der Waals surface area (Å²) in [4.78, 5) is 21.3. The Morgan fingerprint density at radius 2 is 2.04 bits per heavy atom. The summed E-state index contributed by atoms with van der Waals surface area (Å²) < 4.78 is 1.74. The standard InChI is InChI=1S/C20H20N6O/c1-11-5-6-21-8-15(11)16-7-14-17(9-22-16)24-20(27)19(14)13(3)23-18-10-26(4)25-12(18)2/h5-10,23H,1-4H3,(H,24,27)/b19-13-. The van der Waals surface area contributed by atoms with Crippen molar-refractivity contribution < 1.29 is 4.79 Å². The monoisotopic (exact) mass is 360 g/mol. The van der Waals surface area contributed by atoms with Gasteiger partial charge in [-0.05, 0) is 38.5 Å². The summed E-state index contributed by atoms with van der Waals surface area (Å²) in [5, 5.41) is 10.5. The zero-order valence-electron chi connectivity index (χ0n) is 15.7. The van der Waals surface area contributed by atoms with Crippen LogP contribution in [-0.4, -0.2) is 25.7 Å². The smallest absolute Gasteiger partial charge is 0.258 e. The molecule has 7 heteroatoms. The van der Waals surface area contributed by atoms with E-state index in [-0.39, 0.29) is 5.91 Å². The van der Waals surface area contributed by atoms with Crippen LogP contribution in [0.3, 0.4) is 0 Å². The molecule has 4 rings (SSSR count). The van der Waals surface area contributed by atoms with Crippen LogP contribution in [0.25, 0.3) is 16.8 Å². The van der Waals surface area contributed by atoms with E-state index >= 15 is 0 Å². The molecular weight excluding hydrogens is 340 g/mol. The third-order valence-electron chi connectivity index (χ3n) is 4.67. The Kier molecular flexibility index (Phi) is 3.99. The summed E-state index contributed by atoms with van der Waals surface area (Å²) in [6.07, 6.45) is 7.14. The molecule has 0 saturated carbocycles. The zero-order chi connectivity index (χ0) is 19.1. The van der Waals surface area contributed by atoms with Gasteiger partial charge < -0.3 is 10.6 Å². The van der Waals surface area contributed by atoms with E-state index in [4.69, 9.17) is 0 Å². The van der Waals surface area contributed by atoms with Crippen molar-refractivity contribution in [3.05, 3.63) is 59.4 Å². The Labute approximate surface area is 157 Å². The van der Waals surface area contributed by atoms with Crippen LogP contribution < -0.4 is 10.6 Å². The van der Waals surface area contributed by atoms with E-state index in [9.17, 15) is 4.79 Å². The number of hydrogen-bond donors (Lipinski definition) is 2.